The molecule has 2 fully saturated rings. The lowest BCUT2D eigenvalue weighted by Crippen LogP contribution is -2.37. The van der Waals surface area contributed by atoms with Gasteiger partial charge in [0.2, 0.25) is 0 Å². The molecule has 0 radical (unpaired) electrons. The number of methoxy groups -OCH3 is 1. The summed E-state index contributed by atoms with van der Waals surface area (Å²) in [4.78, 5) is 2.32. The third-order valence-electron chi connectivity index (χ3n) is 7.80. The molecule has 1 aromatic carbocycles. The molecule has 0 amide bonds. The molecule has 0 bridgehead atoms. The summed E-state index contributed by atoms with van der Waals surface area (Å²) in [5.41, 5.74) is 6.62. The van der Waals surface area contributed by atoms with Gasteiger partial charge < -0.3 is 19.5 Å². The van der Waals surface area contributed by atoms with E-state index in [4.69, 9.17) is 14.6 Å². The van der Waals surface area contributed by atoms with Crippen molar-refractivity contribution < 1.29 is 14.6 Å². The van der Waals surface area contributed by atoms with Gasteiger partial charge in [-0.1, -0.05) is 92.5 Å². The van der Waals surface area contributed by atoms with Crippen LogP contribution in [0.25, 0.3) is 16.6 Å². The molecule has 1 N–H and O–H groups in total. The fourth-order valence-corrected chi connectivity index (χ4v) is 6.14. The Morgan fingerprint density at radius 3 is 2.39 bits per heavy atom. The zero-order chi connectivity index (χ0) is 26.9. The predicted octanol–water partition coefficient (Wildman–Crippen LogP) is 6.99. The highest BCUT2D eigenvalue weighted by atomic mass is 127. The maximum Gasteiger partial charge on any atom is 0.150 e. The van der Waals surface area contributed by atoms with Crippen LogP contribution < -0.4 is 4.90 Å². The van der Waals surface area contributed by atoms with Gasteiger partial charge in [-0.2, -0.15) is 5.10 Å². The van der Waals surface area contributed by atoms with Gasteiger partial charge in [-0.25, -0.2) is 4.52 Å². The molecule has 208 valence electrons. The van der Waals surface area contributed by atoms with E-state index in [0.29, 0.717) is 19.1 Å². The van der Waals surface area contributed by atoms with Crippen LogP contribution in [0.1, 0.15) is 75.3 Å². The van der Waals surface area contributed by atoms with Crippen LogP contribution in [0, 0.1) is 5.92 Å². The van der Waals surface area contributed by atoms with Gasteiger partial charge in [0.05, 0.1) is 31.4 Å². The topological polar surface area (TPSA) is 59.2 Å². The Morgan fingerprint density at radius 2 is 1.79 bits per heavy atom. The van der Waals surface area contributed by atoms with Gasteiger partial charge in [0.1, 0.15) is 5.82 Å². The number of aliphatic hydroxyl groups excluding tert-OH is 1. The Hall–Kier alpha value is -1.68. The number of halogens is 1. The van der Waals surface area contributed by atoms with Crippen molar-refractivity contribution in [1.29, 1.82) is 0 Å². The van der Waals surface area contributed by atoms with Crippen molar-refractivity contribution in [3.05, 3.63) is 53.2 Å². The van der Waals surface area contributed by atoms with Gasteiger partial charge in [0.15, 0.2) is 0 Å². The molecule has 3 heterocycles. The molecule has 2 aliphatic rings. The van der Waals surface area contributed by atoms with E-state index in [1.165, 1.54) is 47.8 Å². The number of morpholine rings is 1. The summed E-state index contributed by atoms with van der Waals surface area (Å²) >= 11 is 2.29. The first-order chi connectivity index (χ1) is 18.7. The van der Waals surface area contributed by atoms with Crippen molar-refractivity contribution in [2.75, 3.05) is 42.7 Å². The summed E-state index contributed by atoms with van der Waals surface area (Å²) in [6.07, 6.45) is 8.07. The van der Waals surface area contributed by atoms with Crippen LogP contribution in [0.15, 0.2) is 36.4 Å². The van der Waals surface area contributed by atoms with E-state index in [1.54, 1.807) is 0 Å². The van der Waals surface area contributed by atoms with Crippen molar-refractivity contribution in [2.45, 2.75) is 71.5 Å². The number of benzene rings is 1. The van der Waals surface area contributed by atoms with Crippen molar-refractivity contribution in [3.8, 4) is 11.1 Å². The molecule has 38 heavy (non-hydrogen) atoms. The fourth-order valence-electron chi connectivity index (χ4n) is 6.14. The first-order valence-corrected chi connectivity index (χ1v) is 15.9. The summed E-state index contributed by atoms with van der Waals surface area (Å²) in [6, 6.07) is 12.7. The summed E-state index contributed by atoms with van der Waals surface area (Å²) in [5, 5.41) is 16.0. The third kappa shape index (κ3) is 6.37. The molecule has 7 heteroatoms. The zero-order valence-electron chi connectivity index (χ0n) is 23.3. The van der Waals surface area contributed by atoms with E-state index < -0.39 is 0 Å². The van der Waals surface area contributed by atoms with Gasteiger partial charge in [-0.05, 0) is 41.2 Å². The molecule has 2 aromatic heterocycles. The minimum atomic E-state index is -0.0203. The second-order valence-electron chi connectivity index (χ2n) is 10.2. The lowest BCUT2D eigenvalue weighted by Gasteiger charge is -2.30. The minimum absolute atomic E-state index is 0.0174. The smallest absolute Gasteiger partial charge is 0.150 e. The summed E-state index contributed by atoms with van der Waals surface area (Å²) in [5.74, 6) is 1.45. The third-order valence-corrected chi connectivity index (χ3v) is 7.80. The van der Waals surface area contributed by atoms with Crippen LogP contribution in [-0.2, 0) is 22.5 Å². The molecule has 5 rings (SSSR count). The number of aryl methyl sites for hydroxylation is 1. The normalized spacial score (nSPS) is 17.3. The number of hydrogen-bond donors (Lipinski definition) is 1. The van der Waals surface area contributed by atoms with E-state index >= 15 is 0 Å². The summed E-state index contributed by atoms with van der Waals surface area (Å²) in [7, 11) is 1.84. The predicted molar refractivity (Wildman–Crippen MR) is 164 cm³/mol. The van der Waals surface area contributed by atoms with Crippen molar-refractivity contribution in [1.82, 2.24) is 9.61 Å². The maximum absolute atomic E-state index is 10.8. The first-order valence-electron chi connectivity index (χ1n) is 14.3. The summed E-state index contributed by atoms with van der Waals surface area (Å²) < 4.78 is 15.2. The van der Waals surface area contributed by atoms with Crippen LogP contribution in [0.2, 0.25) is 0 Å². The highest BCUT2D eigenvalue weighted by molar-refractivity contribution is 14.1. The van der Waals surface area contributed by atoms with Gasteiger partial charge in [-0.15, -0.1) is 0 Å². The fraction of sp³-hybridized carbons (Fsp3) is 0.581. The highest BCUT2D eigenvalue weighted by Gasteiger charge is 2.33. The molecule has 1 saturated heterocycles. The number of hydrogen-bond acceptors (Lipinski definition) is 5. The first kappa shape index (κ1) is 29.3. The lowest BCUT2D eigenvalue weighted by molar-refractivity contribution is 0.0334. The van der Waals surface area contributed by atoms with Crippen molar-refractivity contribution in [2.24, 2.45) is 5.92 Å². The zero-order valence-corrected chi connectivity index (χ0v) is 25.5. The number of nitrogens with zero attached hydrogens (tertiary/aromatic N) is 3. The Balaban J connectivity index is 0.00000107. The maximum atomic E-state index is 10.8. The van der Waals surface area contributed by atoms with Crippen LogP contribution in [0.5, 0.6) is 0 Å². The van der Waals surface area contributed by atoms with Crippen LogP contribution >= 0.6 is 22.6 Å². The Bertz CT molecular complexity index is 1140. The lowest BCUT2D eigenvalue weighted by atomic mass is 9.81. The Kier molecular flexibility index (Phi) is 11.3. The van der Waals surface area contributed by atoms with Crippen molar-refractivity contribution >= 4 is 33.9 Å². The molecular formula is C31H44IN3O3. The highest BCUT2D eigenvalue weighted by Crippen LogP contribution is 2.43. The monoisotopic (exact) mass is 633 g/mol. The summed E-state index contributed by atoms with van der Waals surface area (Å²) in [6.45, 7) is 7.41. The molecule has 6 nitrogen and oxygen atoms in total. The van der Waals surface area contributed by atoms with E-state index in [2.05, 4.69) is 76.2 Å². The van der Waals surface area contributed by atoms with E-state index in [0.717, 1.165) is 54.0 Å². The number of rotatable bonds is 8. The number of anilines is 1. The number of fused-ring (bicyclic) bond motifs is 1. The van der Waals surface area contributed by atoms with Gasteiger partial charge >= 0.3 is 0 Å². The van der Waals surface area contributed by atoms with E-state index in [9.17, 15) is 5.11 Å². The molecule has 0 spiro atoms. The standard InChI is InChI=1S/C29H39N3O3.C2H5I/c1-3-10-25-27(29(34-2)22-13-8-5-9-14-22)24(20-33)28-23(21-11-6-4-7-12-21)19-26(30-32(25)28)31-15-17-35-18-16-31;1-2-3/h4,6-7,11-12,19,22,29,33H,3,5,8-10,13-18,20H2,1-2H3;2H2,1H3. The molecular weight excluding hydrogens is 589 g/mol. The molecule has 3 aromatic rings. The van der Waals surface area contributed by atoms with Crippen LogP contribution in [-0.4, -0.2) is 52.6 Å². The Morgan fingerprint density at radius 1 is 1.11 bits per heavy atom. The molecule has 1 saturated carbocycles. The average molecular weight is 634 g/mol. The average Bonchev–Trinajstić information content (AvgIpc) is 3.28. The second-order valence-corrected chi connectivity index (χ2v) is 11.7. The minimum Gasteiger partial charge on any atom is -0.392 e. The molecule has 1 unspecified atom stereocenters. The number of aliphatic hydroxyl groups is 1. The van der Waals surface area contributed by atoms with E-state index in [-0.39, 0.29) is 12.7 Å². The van der Waals surface area contributed by atoms with Crippen LogP contribution in [0.3, 0.4) is 0 Å². The number of aromatic nitrogens is 2. The van der Waals surface area contributed by atoms with Gasteiger partial charge in [0.25, 0.3) is 0 Å². The number of alkyl halides is 1. The van der Waals surface area contributed by atoms with Gasteiger partial charge in [-0.3, -0.25) is 0 Å². The second kappa shape index (κ2) is 14.6. The van der Waals surface area contributed by atoms with Crippen LogP contribution in [0.4, 0.5) is 5.82 Å². The van der Waals surface area contributed by atoms with Crippen molar-refractivity contribution in [3.63, 3.8) is 0 Å². The molecule has 1 aliphatic carbocycles. The van der Waals surface area contributed by atoms with E-state index in [1.807, 2.05) is 13.2 Å². The molecule has 1 aliphatic heterocycles. The van der Waals surface area contributed by atoms with Gasteiger partial charge in [0, 0.05) is 42.6 Å². The Labute approximate surface area is 241 Å². The molecule has 1 atom stereocenters. The quantitative estimate of drug-likeness (QED) is 0.214. The number of ether oxygens (including phenoxy) is 2. The largest absolute Gasteiger partial charge is 0.392 e. The SMILES string of the molecule is CCCc1c(C(OC)C2CCCCC2)c(CO)c2c(-c3ccccc3)cc(N3CCOCC3)nn12.CCI.